The van der Waals surface area contributed by atoms with Crippen molar-refractivity contribution in [1.82, 2.24) is 0 Å². The molecule has 0 rings (SSSR count). The van der Waals surface area contributed by atoms with E-state index in [1.54, 1.807) is 0 Å². The highest BCUT2D eigenvalue weighted by molar-refractivity contribution is 8.00. The molecule has 20 heavy (non-hydrogen) atoms. The van der Waals surface area contributed by atoms with E-state index in [1.807, 2.05) is 0 Å². The van der Waals surface area contributed by atoms with E-state index >= 15 is 0 Å². The van der Waals surface area contributed by atoms with E-state index in [1.165, 1.54) is 12.8 Å². The van der Waals surface area contributed by atoms with Gasteiger partial charge in [0.2, 0.25) is 0 Å². The molecular formula is C18H38BS. The number of rotatable bonds is 6. The Labute approximate surface area is 135 Å². The summed E-state index contributed by atoms with van der Waals surface area (Å²) in [7, 11) is 0. The molecule has 0 aromatic rings. The van der Waals surface area contributed by atoms with E-state index in [9.17, 15) is 0 Å². The van der Waals surface area contributed by atoms with Crippen molar-refractivity contribution in [3.63, 3.8) is 0 Å². The van der Waals surface area contributed by atoms with Crippen molar-refractivity contribution in [2.45, 2.75) is 92.6 Å². The minimum Gasteiger partial charge on any atom is -0.154 e. The molecule has 0 spiro atoms. The molecule has 0 saturated heterocycles. The van der Waals surface area contributed by atoms with Crippen LogP contribution in [0.3, 0.4) is 0 Å². The Balaban J connectivity index is 0. The summed E-state index contributed by atoms with van der Waals surface area (Å²) < 4.78 is 0. The van der Waals surface area contributed by atoms with Gasteiger partial charge in [-0.2, -0.15) is 11.8 Å². The van der Waals surface area contributed by atoms with Crippen molar-refractivity contribution in [1.29, 1.82) is 0 Å². The molecule has 2 heteroatoms. The van der Waals surface area contributed by atoms with Crippen LogP contribution in [-0.4, -0.2) is 18.9 Å². The lowest BCUT2D eigenvalue weighted by Gasteiger charge is -2.39. The Bertz CT molecular complexity index is 219. The van der Waals surface area contributed by atoms with Gasteiger partial charge in [0.25, 0.3) is 0 Å². The highest BCUT2D eigenvalue weighted by Gasteiger charge is 2.33. The van der Waals surface area contributed by atoms with Gasteiger partial charge in [-0.15, -0.1) is 0 Å². The third-order valence-electron chi connectivity index (χ3n) is 3.63. The average Bonchev–Trinajstić information content (AvgIpc) is 2.10. The van der Waals surface area contributed by atoms with E-state index in [-0.39, 0.29) is 8.41 Å². The van der Waals surface area contributed by atoms with Crippen molar-refractivity contribution >= 4 is 20.2 Å². The molecule has 0 bridgehead atoms. The second kappa shape index (κ2) is 8.76. The second-order valence-electron chi connectivity index (χ2n) is 9.10. The lowest BCUT2D eigenvalue weighted by atomic mass is 9.86. The lowest BCUT2D eigenvalue weighted by Crippen LogP contribution is -2.33. The first-order valence-corrected chi connectivity index (χ1v) is 8.93. The van der Waals surface area contributed by atoms with Gasteiger partial charge in [0.15, 0.2) is 0 Å². The molecule has 2 unspecified atom stereocenters. The zero-order valence-corrected chi connectivity index (χ0v) is 16.5. The van der Waals surface area contributed by atoms with Crippen LogP contribution in [0.1, 0.15) is 82.1 Å². The summed E-state index contributed by atoms with van der Waals surface area (Å²) >= 11 is 2.26. The van der Waals surface area contributed by atoms with Crippen LogP contribution in [0, 0.1) is 22.7 Å². The normalized spacial score (nSPS) is 16.2. The Morgan fingerprint density at radius 1 is 0.650 bits per heavy atom. The maximum Gasteiger partial charge on any atom is 0.0101 e. The summed E-state index contributed by atoms with van der Waals surface area (Å²) in [5, 5.41) is 1.52. The highest BCUT2D eigenvalue weighted by atomic mass is 32.2. The molecule has 0 aliphatic rings. The Morgan fingerprint density at radius 2 is 0.900 bits per heavy atom. The Kier molecular flexibility index (Phi) is 9.94. The van der Waals surface area contributed by atoms with E-state index in [2.05, 4.69) is 81.0 Å². The lowest BCUT2D eigenvalue weighted by molar-refractivity contribution is 0.329. The highest BCUT2D eigenvalue weighted by Crippen LogP contribution is 2.44. The van der Waals surface area contributed by atoms with Gasteiger partial charge < -0.3 is 0 Å². The molecule has 119 valence electrons. The van der Waals surface area contributed by atoms with Gasteiger partial charge in [-0.3, -0.25) is 0 Å². The van der Waals surface area contributed by atoms with Crippen LogP contribution < -0.4 is 0 Å². The summed E-state index contributed by atoms with van der Waals surface area (Å²) in [4.78, 5) is 0. The number of hydrogen-bond donors (Lipinski definition) is 0. The van der Waals surface area contributed by atoms with Crippen LogP contribution in [0.15, 0.2) is 0 Å². The van der Waals surface area contributed by atoms with Crippen molar-refractivity contribution in [3.05, 3.63) is 0 Å². The summed E-state index contributed by atoms with van der Waals surface area (Å²) in [6.45, 7) is 23.8. The molecule has 0 amide bonds. The number of hydrogen-bond acceptors (Lipinski definition) is 1. The predicted molar refractivity (Wildman–Crippen MR) is 98.7 cm³/mol. The smallest absolute Gasteiger partial charge is 0.0101 e. The minimum atomic E-state index is 0. The number of thioether (sulfide) groups is 1. The quantitative estimate of drug-likeness (QED) is 0.521. The SMILES string of the molecule is CC(C)CC(SC(CC(C)C)C(C)(C)C)C(C)(C)C.[B]. The second-order valence-corrected chi connectivity index (χ2v) is 10.5. The molecule has 0 aromatic carbocycles. The molecule has 3 radical (unpaired) electrons. The van der Waals surface area contributed by atoms with Gasteiger partial charge in [-0.05, 0) is 35.5 Å². The van der Waals surface area contributed by atoms with Crippen LogP contribution >= 0.6 is 11.8 Å². The van der Waals surface area contributed by atoms with E-state index in [4.69, 9.17) is 0 Å². The summed E-state index contributed by atoms with van der Waals surface area (Å²) in [5.74, 6) is 1.58. The fourth-order valence-electron chi connectivity index (χ4n) is 2.28. The first-order chi connectivity index (χ1) is 8.34. The van der Waals surface area contributed by atoms with Gasteiger partial charge in [-0.1, -0.05) is 69.2 Å². The van der Waals surface area contributed by atoms with E-state index in [0.29, 0.717) is 10.8 Å². The Hall–Kier alpha value is 0.415. The van der Waals surface area contributed by atoms with Gasteiger partial charge in [0.05, 0.1) is 0 Å². The van der Waals surface area contributed by atoms with Crippen molar-refractivity contribution in [2.75, 3.05) is 0 Å². The molecule has 0 saturated carbocycles. The zero-order valence-electron chi connectivity index (χ0n) is 15.7. The van der Waals surface area contributed by atoms with Crippen molar-refractivity contribution in [2.24, 2.45) is 22.7 Å². The third-order valence-corrected chi connectivity index (χ3v) is 6.09. The largest absolute Gasteiger partial charge is 0.154 e. The predicted octanol–water partition coefficient (Wildman–Crippen LogP) is 6.26. The fraction of sp³-hybridized carbons (Fsp3) is 1.00. The molecule has 0 heterocycles. The first-order valence-electron chi connectivity index (χ1n) is 7.99. The van der Waals surface area contributed by atoms with Crippen LogP contribution in [0.5, 0.6) is 0 Å². The molecule has 0 aliphatic carbocycles. The third kappa shape index (κ3) is 9.37. The molecule has 0 nitrogen and oxygen atoms in total. The van der Waals surface area contributed by atoms with Crippen LogP contribution in [-0.2, 0) is 0 Å². The van der Waals surface area contributed by atoms with Crippen LogP contribution in [0.4, 0.5) is 0 Å². The summed E-state index contributed by atoms with van der Waals surface area (Å²) in [5.41, 5.74) is 0.796. The molecule has 0 aromatic heterocycles. The molecule has 0 fully saturated rings. The summed E-state index contributed by atoms with van der Waals surface area (Å²) in [6.07, 6.45) is 2.66. The minimum absolute atomic E-state index is 0. The molecule has 0 N–H and O–H groups in total. The van der Waals surface area contributed by atoms with E-state index in [0.717, 1.165) is 22.3 Å². The van der Waals surface area contributed by atoms with Gasteiger partial charge in [0.1, 0.15) is 0 Å². The average molecular weight is 297 g/mol. The van der Waals surface area contributed by atoms with Crippen molar-refractivity contribution in [3.8, 4) is 0 Å². The molecule has 2 atom stereocenters. The van der Waals surface area contributed by atoms with Crippen LogP contribution in [0.2, 0.25) is 0 Å². The molecular weight excluding hydrogens is 259 g/mol. The molecule has 0 aliphatic heterocycles. The zero-order chi connectivity index (χ0) is 15.4. The van der Waals surface area contributed by atoms with Gasteiger partial charge in [-0.25, -0.2) is 0 Å². The maximum absolute atomic E-state index is 2.40. The first kappa shape index (κ1) is 22.7. The fourth-order valence-corrected chi connectivity index (χ4v) is 4.49. The van der Waals surface area contributed by atoms with Gasteiger partial charge >= 0.3 is 0 Å². The van der Waals surface area contributed by atoms with Crippen molar-refractivity contribution < 1.29 is 0 Å². The van der Waals surface area contributed by atoms with Crippen LogP contribution in [0.25, 0.3) is 0 Å². The van der Waals surface area contributed by atoms with Gasteiger partial charge in [0, 0.05) is 18.9 Å². The van der Waals surface area contributed by atoms with E-state index < -0.39 is 0 Å². The summed E-state index contributed by atoms with van der Waals surface area (Å²) in [6, 6.07) is 0. The monoisotopic (exact) mass is 297 g/mol. The maximum atomic E-state index is 2.40. The Morgan fingerprint density at radius 3 is 1.05 bits per heavy atom. The topological polar surface area (TPSA) is 0 Å². The standard InChI is InChI=1S/C18H38S.B/c1-13(2)11-15(17(5,6)7)19-16(12-14(3)4)18(8,9)10;/h13-16H,11-12H2,1-10H3;.